The predicted molar refractivity (Wildman–Crippen MR) is 94.2 cm³/mol. The van der Waals surface area contributed by atoms with Crippen LogP contribution < -0.4 is 5.48 Å². The highest BCUT2D eigenvalue weighted by molar-refractivity contribution is 5.77. The van der Waals surface area contributed by atoms with Crippen LogP contribution >= 0.6 is 0 Å². The molecular formula is C18H37N3O. The molecule has 0 heterocycles. The Kier molecular flexibility index (Phi) is 23.4. The first-order valence-corrected chi connectivity index (χ1v) is 9.07. The Labute approximate surface area is 137 Å². The number of hydrogen-bond donors (Lipinski definition) is 3. The Morgan fingerprint density at radius 1 is 0.864 bits per heavy atom. The van der Waals surface area contributed by atoms with Gasteiger partial charge >= 0.3 is 0 Å². The van der Waals surface area contributed by atoms with Crippen molar-refractivity contribution in [2.45, 2.75) is 104 Å². The molecule has 3 N–H and O–H groups in total. The summed E-state index contributed by atoms with van der Waals surface area (Å²) in [5.41, 5.74) is 1.85. The zero-order chi connectivity index (χ0) is 16.9. The fourth-order valence-electron chi connectivity index (χ4n) is 2.12. The summed E-state index contributed by atoms with van der Waals surface area (Å²) in [6, 6.07) is 2.16. The minimum Gasteiger partial charge on any atom is -0.290 e. The molecule has 0 aromatic heterocycles. The van der Waals surface area contributed by atoms with E-state index < -0.39 is 0 Å². The van der Waals surface area contributed by atoms with Gasteiger partial charge in [0.2, 0.25) is 0 Å². The lowest BCUT2D eigenvalue weighted by Crippen LogP contribution is -2.16. The normalized spacial score (nSPS) is 9.55. The van der Waals surface area contributed by atoms with E-state index in [9.17, 15) is 0 Å². The van der Waals surface area contributed by atoms with Crippen LogP contribution in [0, 0.1) is 16.7 Å². The fourth-order valence-corrected chi connectivity index (χ4v) is 2.12. The Hall–Kier alpha value is -1.08. The zero-order valence-electron chi connectivity index (χ0n) is 14.8. The van der Waals surface area contributed by atoms with E-state index in [1.54, 1.807) is 0 Å². The first-order chi connectivity index (χ1) is 10.7. The van der Waals surface area contributed by atoms with Gasteiger partial charge in [-0.15, -0.1) is 0 Å². The second kappa shape index (κ2) is 22.2. The van der Waals surface area contributed by atoms with Gasteiger partial charge in [-0.1, -0.05) is 78.1 Å². The summed E-state index contributed by atoms with van der Waals surface area (Å²) in [6.45, 7) is 4.42. The van der Waals surface area contributed by atoms with E-state index in [-0.39, 0.29) is 5.84 Å². The maximum absolute atomic E-state index is 8.30. The number of unbranched alkanes of at least 4 members (excludes halogenated alkanes) is 11. The standard InChI is InChI=1S/C9H20N2O.C9H17N/c1-2-3-4-5-6-7-8-9(10)11-12;1-2-3-4-5-6-7-8-9-10/h12H,2-8H2,1H3,(H2,10,11);2-8H2,1H3. The summed E-state index contributed by atoms with van der Waals surface area (Å²) in [5, 5.41) is 23.6. The van der Waals surface area contributed by atoms with Crippen LogP contribution in [0.3, 0.4) is 0 Å². The molecule has 0 aliphatic rings. The van der Waals surface area contributed by atoms with Crippen molar-refractivity contribution in [1.29, 1.82) is 10.7 Å². The van der Waals surface area contributed by atoms with Crippen LogP contribution in [-0.4, -0.2) is 11.0 Å². The van der Waals surface area contributed by atoms with Crippen LogP contribution in [0.15, 0.2) is 0 Å². The molecule has 0 saturated carbocycles. The van der Waals surface area contributed by atoms with Crippen molar-refractivity contribution in [3.8, 4) is 6.07 Å². The van der Waals surface area contributed by atoms with Crippen LogP contribution in [0.2, 0.25) is 0 Å². The van der Waals surface area contributed by atoms with Gasteiger partial charge in [-0.3, -0.25) is 16.1 Å². The summed E-state index contributed by atoms with van der Waals surface area (Å²) < 4.78 is 0. The molecule has 0 unspecified atom stereocenters. The van der Waals surface area contributed by atoms with E-state index >= 15 is 0 Å². The first kappa shape index (κ1) is 23.2. The van der Waals surface area contributed by atoms with E-state index in [4.69, 9.17) is 15.9 Å². The topological polar surface area (TPSA) is 79.9 Å². The molecule has 0 saturated heterocycles. The van der Waals surface area contributed by atoms with Crippen LogP contribution in [0.25, 0.3) is 0 Å². The second-order valence-corrected chi connectivity index (χ2v) is 5.78. The minimum atomic E-state index is 0.227. The monoisotopic (exact) mass is 311 g/mol. The van der Waals surface area contributed by atoms with E-state index in [0.29, 0.717) is 6.42 Å². The van der Waals surface area contributed by atoms with Gasteiger partial charge in [0.25, 0.3) is 0 Å². The van der Waals surface area contributed by atoms with Crippen molar-refractivity contribution >= 4 is 5.84 Å². The molecular weight excluding hydrogens is 274 g/mol. The van der Waals surface area contributed by atoms with Gasteiger partial charge in [0.1, 0.15) is 5.84 Å². The Balaban J connectivity index is 0. The maximum atomic E-state index is 8.30. The van der Waals surface area contributed by atoms with E-state index in [2.05, 4.69) is 19.9 Å². The number of nitrogens with one attached hydrogen (secondary N) is 2. The number of hydroxylamine groups is 1. The lowest BCUT2D eigenvalue weighted by atomic mass is 10.1. The molecule has 0 amide bonds. The Morgan fingerprint density at radius 2 is 1.32 bits per heavy atom. The lowest BCUT2D eigenvalue weighted by Gasteiger charge is -2.01. The molecule has 130 valence electrons. The molecule has 0 rings (SSSR count). The van der Waals surface area contributed by atoms with Gasteiger partial charge < -0.3 is 0 Å². The highest BCUT2D eigenvalue weighted by Gasteiger charge is 1.94. The van der Waals surface area contributed by atoms with Crippen molar-refractivity contribution in [3.63, 3.8) is 0 Å². The van der Waals surface area contributed by atoms with E-state index in [1.807, 2.05) is 5.48 Å². The average molecular weight is 312 g/mol. The Morgan fingerprint density at radius 3 is 1.77 bits per heavy atom. The molecule has 0 aromatic rings. The van der Waals surface area contributed by atoms with Crippen molar-refractivity contribution in [2.75, 3.05) is 0 Å². The summed E-state index contributed by atoms with van der Waals surface area (Å²) in [7, 11) is 0. The number of amidine groups is 1. The third-order valence-corrected chi connectivity index (χ3v) is 3.56. The fraction of sp³-hybridized carbons (Fsp3) is 0.889. The van der Waals surface area contributed by atoms with Gasteiger partial charge in [0.15, 0.2) is 0 Å². The summed E-state index contributed by atoms with van der Waals surface area (Å²) in [6.07, 6.45) is 16.4. The molecule has 0 fully saturated rings. The van der Waals surface area contributed by atoms with Crippen molar-refractivity contribution < 1.29 is 5.21 Å². The SMILES string of the molecule is CCCCCCCCC#N.CCCCCCCCC(=N)NO. The molecule has 22 heavy (non-hydrogen) atoms. The van der Waals surface area contributed by atoms with E-state index in [0.717, 1.165) is 19.3 Å². The maximum Gasteiger partial charge on any atom is 0.117 e. The van der Waals surface area contributed by atoms with Crippen molar-refractivity contribution in [1.82, 2.24) is 5.48 Å². The number of hydrogen-bond acceptors (Lipinski definition) is 3. The minimum absolute atomic E-state index is 0.227. The zero-order valence-corrected chi connectivity index (χ0v) is 14.8. The second-order valence-electron chi connectivity index (χ2n) is 5.78. The third kappa shape index (κ3) is 24.0. The molecule has 4 nitrogen and oxygen atoms in total. The largest absolute Gasteiger partial charge is 0.290 e. The van der Waals surface area contributed by atoms with Crippen LogP contribution in [0.1, 0.15) is 104 Å². The first-order valence-electron chi connectivity index (χ1n) is 9.07. The van der Waals surface area contributed by atoms with Crippen LogP contribution in [0.4, 0.5) is 0 Å². The smallest absolute Gasteiger partial charge is 0.117 e. The van der Waals surface area contributed by atoms with Crippen LogP contribution in [-0.2, 0) is 0 Å². The molecule has 0 radical (unpaired) electrons. The highest BCUT2D eigenvalue weighted by atomic mass is 16.5. The van der Waals surface area contributed by atoms with Crippen molar-refractivity contribution in [3.05, 3.63) is 0 Å². The highest BCUT2D eigenvalue weighted by Crippen LogP contribution is 2.06. The molecule has 4 heteroatoms. The predicted octanol–water partition coefficient (Wildman–Crippen LogP) is 5.95. The molecule has 0 aliphatic heterocycles. The molecule has 0 bridgehead atoms. The number of nitrogens with zero attached hydrogens (tertiary/aromatic N) is 1. The van der Waals surface area contributed by atoms with Crippen molar-refractivity contribution in [2.24, 2.45) is 0 Å². The van der Waals surface area contributed by atoms with E-state index in [1.165, 1.54) is 64.2 Å². The average Bonchev–Trinajstić information content (AvgIpc) is 2.54. The van der Waals surface area contributed by atoms with Gasteiger partial charge in [0, 0.05) is 12.8 Å². The number of rotatable bonds is 13. The van der Waals surface area contributed by atoms with Gasteiger partial charge in [-0.2, -0.15) is 5.26 Å². The quantitative estimate of drug-likeness (QED) is 0.170. The molecule has 0 aromatic carbocycles. The molecule has 0 aliphatic carbocycles. The lowest BCUT2D eigenvalue weighted by molar-refractivity contribution is 0.230. The van der Waals surface area contributed by atoms with Gasteiger partial charge in [-0.25, -0.2) is 0 Å². The van der Waals surface area contributed by atoms with Gasteiger partial charge in [0.05, 0.1) is 6.07 Å². The molecule has 0 spiro atoms. The summed E-state index contributed by atoms with van der Waals surface area (Å²) >= 11 is 0. The summed E-state index contributed by atoms with van der Waals surface area (Å²) in [4.78, 5) is 0. The molecule has 0 atom stereocenters. The number of nitriles is 1. The Bertz CT molecular complexity index is 262. The summed E-state index contributed by atoms with van der Waals surface area (Å²) in [5.74, 6) is 0.227. The third-order valence-electron chi connectivity index (χ3n) is 3.56. The van der Waals surface area contributed by atoms with Gasteiger partial charge in [-0.05, 0) is 12.8 Å². The van der Waals surface area contributed by atoms with Crippen LogP contribution in [0.5, 0.6) is 0 Å².